The normalized spacial score (nSPS) is 11.0. The van der Waals surface area contributed by atoms with Crippen molar-refractivity contribution in [2.75, 3.05) is 13.1 Å². The van der Waals surface area contributed by atoms with Crippen molar-refractivity contribution in [2.24, 2.45) is 5.92 Å². The lowest BCUT2D eigenvalue weighted by molar-refractivity contribution is -0.133. The smallest absolute Gasteiger partial charge is 0.254 e. The fraction of sp³-hybridized carbons (Fsp3) is 0.357. The van der Waals surface area contributed by atoms with E-state index in [1.54, 1.807) is 21.9 Å². The molecule has 0 saturated heterocycles. The molecule has 2 amide bonds. The second kappa shape index (κ2) is 11.6. The largest absolute Gasteiger partial charge is 0.464 e. The Balaban J connectivity index is 1.81. The van der Waals surface area contributed by atoms with Gasteiger partial charge in [0.15, 0.2) is 0 Å². The average molecular weight is 465 g/mol. The van der Waals surface area contributed by atoms with Gasteiger partial charge in [-0.25, -0.2) is 4.39 Å². The Bertz CT molecular complexity index is 1090. The highest BCUT2D eigenvalue weighted by atomic mass is 19.1. The Labute approximate surface area is 201 Å². The third-order valence-electron chi connectivity index (χ3n) is 5.59. The van der Waals surface area contributed by atoms with Crippen molar-refractivity contribution in [3.05, 3.63) is 94.7 Å². The van der Waals surface area contributed by atoms with Crippen LogP contribution < -0.4 is 0 Å². The Kier molecular flexibility index (Phi) is 8.63. The monoisotopic (exact) mass is 464 g/mol. The number of rotatable bonds is 10. The number of hydrogen-bond acceptors (Lipinski definition) is 3. The first kappa shape index (κ1) is 25.2. The van der Waals surface area contributed by atoms with Crippen molar-refractivity contribution >= 4 is 11.8 Å². The lowest BCUT2D eigenvalue weighted by Gasteiger charge is -2.28. The molecule has 2 aromatic carbocycles. The van der Waals surface area contributed by atoms with Gasteiger partial charge >= 0.3 is 0 Å². The first-order chi connectivity index (χ1) is 16.2. The summed E-state index contributed by atoms with van der Waals surface area (Å²) in [7, 11) is 0. The van der Waals surface area contributed by atoms with Crippen molar-refractivity contribution in [3.63, 3.8) is 0 Å². The fourth-order valence-electron chi connectivity index (χ4n) is 3.79. The van der Waals surface area contributed by atoms with E-state index in [1.165, 1.54) is 12.1 Å². The highest BCUT2D eigenvalue weighted by Crippen LogP contribution is 2.16. The van der Waals surface area contributed by atoms with Crippen LogP contribution in [0.1, 0.15) is 53.8 Å². The summed E-state index contributed by atoms with van der Waals surface area (Å²) >= 11 is 0. The molecule has 3 rings (SSSR count). The van der Waals surface area contributed by atoms with Crippen LogP contribution >= 0.6 is 0 Å². The summed E-state index contributed by atoms with van der Waals surface area (Å²) < 4.78 is 19.1. The van der Waals surface area contributed by atoms with Gasteiger partial charge in [0.25, 0.3) is 5.91 Å². The highest BCUT2D eigenvalue weighted by Gasteiger charge is 2.24. The topological polar surface area (TPSA) is 53.8 Å². The summed E-state index contributed by atoms with van der Waals surface area (Å²) in [5.74, 6) is 0.926. The highest BCUT2D eigenvalue weighted by molar-refractivity contribution is 5.96. The van der Waals surface area contributed by atoms with E-state index in [0.29, 0.717) is 17.9 Å². The van der Waals surface area contributed by atoms with Crippen molar-refractivity contribution in [1.29, 1.82) is 0 Å². The van der Waals surface area contributed by atoms with Gasteiger partial charge in [-0.05, 0) is 66.8 Å². The number of amides is 2. The summed E-state index contributed by atoms with van der Waals surface area (Å²) in [5, 5.41) is 0. The molecule has 6 heteroatoms. The van der Waals surface area contributed by atoms with Crippen LogP contribution in [0.15, 0.2) is 65.1 Å². The van der Waals surface area contributed by atoms with Gasteiger partial charge in [0.05, 0.1) is 6.54 Å². The molecule has 0 unspecified atom stereocenters. The first-order valence-electron chi connectivity index (χ1n) is 11.7. The summed E-state index contributed by atoms with van der Waals surface area (Å²) in [6.07, 6.45) is 0.896. The minimum absolute atomic E-state index is 0.0482. The van der Waals surface area contributed by atoms with E-state index >= 15 is 0 Å². The van der Waals surface area contributed by atoms with Crippen molar-refractivity contribution in [3.8, 4) is 0 Å². The summed E-state index contributed by atoms with van der Waals surface area (Å²) in [5.41, 5.74) is 2.52. The van der Waals surface area contributed by atoms with E-state index in [-0.39, 0.29) is 43.2 Å². The summed E-state index contributed by atoms with van der Waals surface area (Å²) in [4.78, 5) is 30.0. The molecule has 0 aliphatic heterocycles. The Morgan fingerprint density at radius 1 is 0.882 bits per heavy atom. The first-order valence-corrected chi connectivity index (χ1v) is 11.7. The molecule has 0 bridgehead atoms. The zero-order valence-corrected chi connectivity index (χ0v) is 20.4. The standard InChI is InChI=1S/C28H33FN2O3/c1-5-22-7-11-24(12-8-22)28(33)31(16-20(2)3)19-27(32)30(18-26-15-6-21(4)34-26)17-23-9-13-25(29)14-10-23/h6-15,20H,5,16-19H2,1-4H3. The average Bonchev–Trinajstić information content (AvgIpc) is 3.23. The van der Waals surface area contributed by atoms with Gasteiger partial charge in [-0.2, -0.15) is 0 Å². The van der Waals surface area contributed by atoms with Gasteiger partial charge in [0.1, 0.15) is 23.9 Å². The van der Waals surface area contributed by atoms with Crippen LogP contribution in [0.25, 0.3) is 0 Å². The molecule has 1 heterocycles. The molecular weight excluding hydrogens is 431 g/mol. The minimum Gasteiger partial charge on any atom is -0.464 e. The number of aryl methyl sites for hydroxylation is 2. The van der Waals surface area contributed by atoms with Crippen LogP contribution in [0.5, 0.6) is 0 Å². The van der Waals surface area contributed by atoms with E-state index < -0.39 is 0 Å². The molecule has 0 saturated carbocycles. The van der Waals surface area contributed by atoms with Gasteiger partial charge in [-0.15, -0.1) is 0 Å². The van der Waals surface area contributed by atoms with Gasteiger partial charge in [0.2, 0.25) is 5.91 Å². The Morgan fingerprint density at radius 3 is 2.09 bits per heavy atom. The predicted octanol–water partition coefficient (Wildman–Crippen LogP) is 5.62. The molecule has 1 aromatic heterocycles. The molecule has 5 nitrogen and oxygen atoms in total. The number of nitrogens with zero attached hydrogens (tertiary/aromatic N) is 2. The SMILES string of the molecule is CCc1ccc(C(=O)N(CC(=O)N(Cc2ccc(F)cc2)Cc2ccc(C)o2)CC(C)C)cc1. The van der Waals surface area contributed by atoms with Crippen LogP contribution in [0.4, 0.5) is 4.39 Å². The summed E-state index contributed by atoms with van der Waals surface area (Å²) in [6.45, 7) is 8.92. The van der Waals surface area contributed by atoms with Gasteiger partial charge in [0, 0.05) is 18.7 Å². The van der Waals surface area contributed by atoms with E-state index in [9.17, 15) is 14.0 Å². The molecular formula is C28H33FN2O3. The number of furan rings is 1. The Morgan fingerprint density at radius 2 is 1.53 bits per heavy atom. The maximum Gasteiger partial charge on any atom is 0.254 e. The zero-order valence-electron chi connectivity index (χ0n) is 20.4. The third-order valence-corrected chi connectivity index (χ3v) is 5.59. The molecule has 34 heavy (non-hydrogen) atoms. The quantitative estimate of drug-likeness (QED) is 0.392. The van der Waals surface area contributed by atoms with E-state index in [4.69, 9.17) is 4.42 Å². The van der Waals surface area contributed by atoms with Gasteiger partial charge in [-0.3, -0.25) is 9.59 Å². The summed E-state index contributed by atoms with van der Waals surface area (Å²) in [6, 6.07) is 17.3. The van der Waals surface area contributed by atoms with E-state index in [0.717, 1.165) is 23.3 Å². The zero-order chi connectivity index (χ0) is 24.7. The number of carbonyl (C=O) groups is 2. The maximum atomic E-state index is 13.5. The van der Waals surface area contributed by atoms with Crippen LogP contribution in [0.2, 0.25) is 0 Å². The maximum absolute atomic E-state index is 13.5. The molecule has 0 fully saturated rings. The number of halogens is 1. The predicted molar refractivity (Wildman–Crippen MR) is 131 cm³/mol. The molecule has 0 aliphatic carbocycles. The minimum atomic E-state index is -0.328. The van der Waals surface area contributed by atoms with Gasteiger partial charge in [-0.1, -0.05) is 45.0 Å². The lowest BCUT2D eigenvalue weighted by atomic mass is 10.1. The molecule has 0 aliphatic rings. The van der Waals surface area contributed by atoms with E-state index in [1.807, 2.05) is 57.2 Å². The molecule has 0 radical (unpaired) electrons. The van der Waals surface area contributed by atoms with Crippen LogP contribution in [-0.2, 0) is 24.3 Å². The lowest BCUT2D eigenvalue weighted by Crippen LogP contribution is -2.43. The van der Waals surface area contributed by atoms with Gasteiger partial charge < -0.3 is 14.2 Å². The van der Waals surface area contributed by atoms with Crippen molar-refractivity contribution < 1.29 is 18.4 Å². The van der Waals surface area contributed by atoms with Crippen molar-refractivity contribution in [2.45, 2.75) is 47.2 Å². The number of benzene rings is 2. The molecule has 0 spiro atoms. The molecule has 0 N–H and O–H groups in total. The van der Waals surface area contributed by atoms with E-state index in [2.05, 4.69) is 6.92 Å². The Hall–Kier alpha value is -3.41. The number of hydrogen-bond donors (Lipinski definition) is 0. The third kappa shape index (κ3) is 7.04. The fourth-order valence-corrected chi connectivity index (χ4v) is 3.79. The molecule has 3 aromatic rings. The van der Waals surface area contributed by atoms with Crippen LogP contribution in [0.3, 0.4) is 0 Å². The molecule has 0 atom stereocenters. The van der Waals surface area contributed by atoms with Crippen molar-refractivity contribution in [1.82, 2.24) is 9.80 Å². The number of carbonyl (C=O) groups excluding carboxylic acids is 2. The van der Waals surface area contributed by atoms with Crippen LogP contribution in [0, 0.1) is 18.7 Å². The second-order valence-corrected chi connectivity index (χ2v) is 9.02. The van der Waals surface area contributed by atoms with Crippen LogP contribution in [-0.4, -0.2) is 34.7 Å². The molecule has 180 valence electrons. The second-order valence-electron chi connectivity index (χ2n) is 9.02.